The van der Waals surface area contributed by atoms with E-state index >= 15 is 0 Å². The van der Waals surface area contributed by atoms with Gasteiger partial charge in [-0.15, -0.1) is 12.4 Å². The van der Waals surface area contributed by atoms with E-state index in [0.29, 0.717) is 37.4 Å². The summed E-state index contributed by atoms with van der Waals surface area (Å²) in [5, 5.41) is 15.0. The number of halogens is 1. The third kappa shape index (κ3) is 7.89. The number of pyridine rings is 1. The molecule has 0 radical (unpaired) electrons. The predicted molar refractivity (Wildman–Crippen MR) is 130 cm³/mol. The standard InChI is InChI=1S/C25H27N3O4.ClH/c1-2-26-23(25(30)31)17-18-6-12-21(13-7-18)32-16-15-28-24(29)20-10-8-19(9-11-20)22-5-3-4-14-27-22;/h3-14,23,26H,2,15-17H2,1H3,(H,28,29)(H,30,31);1H. The summed E-state index contributed by atoms with van der Waals surface area (Å²) in [5.74, 6) is -0.369. The molecule has 1 unspecified atom stereocenters. The first kappa shape index (κ1) is 25.8. The molecule has 0 bridgehead atoms. The van der Waals surface area contributed by atoms with Crippen molar-refractivity contribution in [3.05, 3.63) is 84.1 Å². The predicted octanol–water partition coefficient (Wildman–Crippen LogP) is 3.58. The van der Waals surface area contributed by atoms with E-state index in [9.17, 15) is 14.7 Å². The van der Waals surface area contributed by atoms with Gasteiger partial charge in [0.2, 0.25) is 0 Å². The van der Waals surface area contributed by atoms with E-state index in [4.69, 9.17) is 4.74 Å². The molecule has 0 spiro atoms. The molecule has 8 heteroatoms. The number of hydrogen-bond acceptors (Lipinski definition) is 5. The second-order valence-corrected chi connectivity index (χ2v) is 7.19. The number of hydrogen-bond donors (Lipinski definition) is 3. The lowest BCUT2D eigenvalue weighted by Gasteiger charge is -2.13. The molecule has 1 amide bonds. The number of aliphatic carboxylic acids is 1. The number of benzene rings is 2. The number of nitrogens with one attached hydrogen (secondary N) is 2. The highest BCUT2D eigenvalue weighted by Crippen LogP contribution is 2.17. The molecule has 0 saturated heterocycles. The fourth-order valence-corrected chi connectivity index (χ4v) is 3.21. The number of amides is 1. The zero-order valence-corrected chi connectivity index (χ0v) is 19.2. The quantitative estimate of drug-likeness (QED) is 0.371. The van der Waals surface area contributed by atoms with Crippen LogP contribution in [0.4, 0.5) is 0 Å². The number of aromatic nitrogens is 1. The average Bonchev–Trinajstić information content (AvgIpc) is 2.83. The number of carbonyl (C=O) groups excluding carboxylic acids is 1. The van der Waals surface area contributed by atoms with Crippen LogP contribution in [-0.2, 0) is 11.2 Å². The summed E-state index contributed by atoms with van der Waals surface area (Å²) < 4.78 is 5.67. The van der Waals surface area contributed by atoms with Gasteiger partial charge in [0.05, 0.1) is 12.2 Å². The fraction of sp³-hybridized carbons (Fsp3) is 0.240. The molecule has 0 aliphatic heterocycles. The minimum Gasteiger partial charge on any atom is -0.492 e. The topological polar surface area (TPSA) is 101 Å². The molecule has 33 heavy (non-hydrogen) atoms. The van der Waals surface area contributed by atoms with Crippen molar-refractivity contribution in [2.24, 2.45) is 0 Å². The summed E-state index contributed by atoms with van der Waals surface area (Å²) >= 11 is 0. The fourth-order valence-electron chi connectivity index (χ4n) is 3.21. The van der Waals surface area contributed by atoms with Gasteiger partial charge in [-0.1, -0.05) is 37.3 Å². The smallest absolute Gasteiger partial charge is 0.321 e. The number of carboxylic acid groups (broad SMARTS) is 1. The SMILES string of the molecule is CCNC(Cc1ccc(OCCNC(=O)c2ccc(-c3ccccn3)cc2)cc1)C(=O)O.Cl. The molecule has 3 rings (SSSR count). The number of likely N-dealkylation sites (N-methyl/N-ethyl adjacent to an activating group) is 1. The third-order valence-electron chi connectivity index (χ3n) is 4.88. The highest BCUT2D eigenvalue weighted by Gasteiger charge is 2.16. The Hall–Kier alpha value is -3.42. The second-order valence-electron chi connectivity index (χ2n) is 7.19. The number of nitrogens with zero attached hydrogens (tertiary/aromatic N) is 1. The Balaban J connectivity index is 0.00000385. The van der Waals surface area contributed by atoms with Crippen molar-refractivity contribution in [3.8, 4) is 17.0 Å². The highest BCUT2D eigenvalue weighted by atomic mass is 35.5. The first-order valence-corrected chi connectivity index (χ1v) is 10.5. The molecule has 0 fully saturated rings. The molecule has 3 aromatic rings. The summed E-state index contributed by atoms with van der Waals surface area (Å²) in [4.78, 5) is 27.9. The van der Waals surface area contributed by atoms with Gasteiger partial charge in [-0.25, -0.2) is 0 Å². The van der Waals surface area contributed by atoms with Crippen molar-refractivity contribution in [2.75, 3.05) is 19.7 Å². The van der Waals surface area contributed by atoms with Crippen LogP contribution in [0.5, 0.6) is 5.75 Å². The molecule has 1 atom stereocenters. The zero-order valence-electron chi connectivity index (χ0n) is 18.4. The summed E-state index contributed by atoms with van der Waals surface area (Å²) in [6, 6.07) is 19.7. The molecule has 0 aliphatic rings. The summed E-state index contributed by atoms with van der Waals surface area (Å²) in [6.07, 6.45) is 2.14. The molecule has 1 aromatic heterocycles. The van der Waals surface area contributed by atoms with E-state index in [-0.39, 0.29) is 18.3 Å². The van der Waals surface area contributed by atoms with Crippen LogP contribution in [0.25, 0.3) is 11.3 Å². The van der Waals surface area contributed by atoms with Gasteiger partial charge >= 0.3 is 5.97 Å². The number of carboxylic acids is 1. The van der Waals surface area contributed by atoms with Gasteiger partial charge in [0.1, 0.15) is 18.4 Å². The van der Waals surface area contributed by atoms with E-state index in [1.165, 1.54) is 0 Å². The van der Waals surface area contributed by atoms with Crippen molar-refractivity contribution in [2.45, 2.75) is 19.4 Å². The minimum atomic E-state index is -0.866. The van der Waals surface area contributed by atoms with E-state index in [2.05, 4.69) is 15.6 Å². The van der Waals surface area contributed by atoms with E-state index < -0.39 is 12.0 Å². The lowest BCUT2D eigenvalue weighted by Crippen LogP contribution is -2.38. The van der Waals surface area contributed by atoms with Gasteiger partial charge in [0, 0.05) is 17.3 Å². The van der Waals surface area contributed by atoms with E-state index in [1.807, 2.05) is 49.4 Å². The lowest BCUT2D eigenvalue weighted by atomic mass is 10.1. The Morgan fingerprint density at radius 3 is 2.36 bits per heavy atom. The maximum atomic E-state index is 12.3. The van der Waals surface area contributed by atoms with Crippen LogP contribution in [0.15, 0.2) is 72.9 Å². The van der Waals surface area contributed by atoms with Crippen molar-refractivity contribution in [3.63, 3.8) is 0 Å². The van der Waals surface area contributed by atoms with Crippen LogP contribution in [0, 0.1) is 0 Å². The minimum absolute atomic E-state index is 0. The second kappa shape index (κ2) is 13.2. The van der Waals surface area contributed by atoms with E-state index in [0.717, 1.165) is 16.8 Å². The van der Waals surface area contributed by atoms with Crippen molar-refractivity contribution < 1.29 is 19.4 Å². The van der Waals surface area contributed by atoms with Crippen LogP contribution in [0.3, 0.4) is 0 Å². The van der Waals surface area contributed by atoms with Crippen LogP contribution in [-0.4, -0.2) is 47.7 Å². The molecule has 2 aromatic carbocycles. The Morgan fingerprint density at radius 2 is 1.76 bits per heavy atom. The Labute approximate surface area is 199 Å². The van der Waals surface area contributed by atoms with Gasteiger partial charge in [-0.05, 0) is 54.9 Å². The maximum Gasteiger partial charge on any atom is 0.321 e. The van der Waals surface area contributed by atoms with Crippen molar-refractivity contribution >= 4 is 24.3 Å². The Morgan fingerprint density at radius 1 is 1.03 bits per heavy atom. The zero-order chi connectivity index (χ0) is 22.8. The largest absolute Gasteiger partial charge is 0.492 e. The first-order chi connectivity index (χ1) is 15.6. The van der Waals surface area contributed by atoms with Crippen LogP contribution < -0.4 is 15.4 Å². The molecular weight excluding hydrogens is 442 g/mol. The van der Waals surface area contributed by atoms with Gasteiger partial charge in [-0.2, -0.15) is 0 Å². The van der Waals surface area contributed by atoms with E-state index in [1.54, 1.807) is 30.5 Å². The summed E-state index contributed by atoms with van der Waals surface area (Å²) in [5.41, 5.74) is 3.30. The number of ether oxygens (including phenoxy) is 1. The Bertz CT molecular complexity index is 1010. The summed E-state index contributed by atoms with van der Waals surface area (Å²) in [6.45, 7) is 3.16. The van der Waals surface area contributed by atoms with Crippen LogP contribution >= 0.6 is 12.4 Å². The molecule has 0 aliphatic carbocycles. The highest BCUT2D eigenvalue weighted by molar-refractivity contribution is 5.94. The van der Waals surface area contributed by atoms with Gasteiger partial charge < -0.3 is 20.5 Å². The molecule has 174 valence electrons. The molecule has 7 nitrogen and oxygen atoms in total. The monoisotopic (exact) mass is 469 g/mol. The number of rotatable bonds is 11. The number of carbonyl (C=O) groups is 2. The molecule has 3 N–H and O–H groups in total. The van der Waals surface area contributed by atoms with Crippen molar-refractivity contribution in [1.82, 2.24) is 15.6 Å². The lowest BCUT2D eigenvalue weighted by molar-refractivity contribution is -0.139. The molecule has 0 saturated carbocycles. The normalized spacial score (nSPS) is 11.2. The summed E-state index contributed by atoms with van der Waals surface area (Å²) in [7, 11) is 0. The van der Waals surface area contributed by atoms with Crippen molar-refractivity contribution in [1.29, 1.82) is 0 Å². The molecule has 1 heterocycles. The maximum absolute atomic E-state index is 12.3. The van der Waals surface area contributed by atoms with Gasteiger partial charge in [-0.3, -0.25) is 14.6 Å². The van der Waals surface area contributed by atoms with Gasteiger partial charge in [0.15, 0.2) is 0 Å². The van der Waals surface area contributed by atoms with Gasteiger partial charge in [0.25, 0.3) is 5.91 Å². The molecular formula is C25H28ClN3O4. The first-order valence-electron chi connectivity index (χ1n) is 10.5. The van der Waals surface area contributed by atoms with Crippen LogP contribution in [0.1, 0.15) is 22.8 Å². The average molecular weight is 470 g/mol. The van der Waals surface area contributed by atoms with Crippen LogP contribution in [0.2, 0.25) is 0 Å². The third-order valence-corrected chi connectivity index (χ3v) is 4.88. The Kier molecular flexibility index (Phi) is 10.3.